The first-order chi connectivity index (χ1) is 15.9. The van der Waals surface area contributed by atoms with Crippen molar-refractivity contribution in [1.82, 2.24) is 24.5 Å². The summed E-state index contributed by atoms with van der Waals surface area (Å²) in [5, 5.41) is 7.33. The molecule has 8 heteroatoms. The Kier molecular flexibility index (Phi) is 6.53. The maximum atomic E-state index is 12.8. The summed E-state index contributed by atoms with van der Waals surface area (Å²) in [7, 11) is 1.61. The number of nitrogens with zero attached hydrogens (tertiary/aromatic N) is 4. The summed E-state index contributed by atoms with van der Waals surface area (Å²) in [5.41, 5.74) is 2.87. The molecule has 4 aromatic rings. The van der Waals surface area contributed by atoms with Gasteiger partial charge < -0.3 is 10.1 Å². The maximum Gasteiger partial charge on any atom is 0.352 e. The number of ether oxygens (including phenoxy) is 1. The van der Waals surface area contributed by atoms with Gasteiger partial charge in [-0.25, -0.2) is 18.9 Å². The molecule has 0 radical (unpaired) electrons. The van der Waals surface area contributed by atoms with E-state index in [9.17, 15) is 9.59 Å². The molecule has 0 aliphatic carbocycles. The third-order valence-electron chi connectivity index (χ3n) is 5.53. The van der Waals surface area contributed by atoms with Gasteiger partial charge in [-0.05, 0) is 56.5 Å². The maximum absolute atomic E-state index is 12.8. The summed E-state index contributed by atoms with van der Waals surface area (Å²) in [6.07, 6.45) is 1.68. The number of carbonyl (C=O) groups excluding carboxylic acids is 1. The van der Waals surface area contributed by atoms with Crippen LogP contribution in [0.2, 0.25) is 0 Å². The number of benzene rings is 2. The molecular weight excluding hydrogens is 418 g/mol. The minimum Gasteiger partial charge on any atom is -0.497 e. The van der Waals surface area contributed by atoms with Gasteiger partial charge in [0.25, 0.3) is 0 Å². The molecular formula is C25H27N5O3. The number of hydrogen-bond acceptors (Lipinski definition) is 5. The van der Waals surface area contributed by atoms with E-state index in [1.807, 2.05) is 49.4 Å². The van der Waals surface area contributed by atoms with Gasteiger partial charge in [0.15, 0.2) is 5.65 Å². The van der Waals surface area contributed by atoms with Gasteiger partial charge in [-0.2, -0.15) is 0 Å². The Labute approximate surface area is 191 Å². The molecule has 0 spiro atoms. The summed E-state index contributed by atoms with van der Waals surface area (Å²) in [4.78, 5) is 29.9. The topological polar surface area (TPSA) is 90.5 Å². The minimum absolute atomic E-state index is 0.0180. The van der Waals surface area contributed by atoms with Crippen LogP contribution in [0, 0.1) is 6.92 Å². The van der Waals surface area contributed by atoms with Crippen LogP contribution in [0.4, 0.5) is 0 Å². The lowest BCUT2D eigenvalue weighted by molar-refractivity contribution is -0.122. The van der Waals surface area contributed by atoms with E-state index in [0.29, 0.717) is 17.2 Å². The van der Waals surface area contributed by atoms with E-state index in [2.05, 4.69) is 27.5 Å². The van der Waals surface area contributed by atoms with Gasteiger partial charge in [-0.15, -0.1) is 5.10 Å². The molecule has 0 unspecified atom stereocenters. The second-order valence-corrected chi connectivity index (χ2v) is 8.04. The molecule has 8 nitrogen and oxygen atoms in total. The highest BCUT2D eigenvalue weighted by Crippen LogP contribution is 2.21. The number of rotatable bonds is 8. The van der Waals surface area contributed by atoms with Crippen LogP contribution < -0.4 is 15.7 Å². The fourth-order valence-electron chi connectivity index (χ4n) is 3.77. The van der Waals surface area contributed by atoms with E-state index in [1.165, 1.54) is 14.6 Å². The van der Waals surface area contributed by atoms with Crippen LogP contribution in [0.5, 0.6) is 5.75 Å². The Morgan fingerprint density at radius 3 is 2.55 bits per heavy atom. The molecule has 2 heterocycles. The van der Waals surface area contributed by atoms with E-state index in [0.717, 1.165) is 24.2 Å². The number of aryl methyl sites for hydroxylation is 2. The fraction of sp³-hybridized carbons (Fsp3) is 0.280. The van der Waals surface area contributed by atoms with Gasteiger partial charge in [0.05, 0.1) is 12.8 Å². The van der Waals surface area contributed by atoms with Gasteiger partial charge in [-0.3, -0.25) is 4.79 Å². The van der Waals surface area contributed by atoms with Crippen molar-refractivity contribution in [2.45, 2.75) is 39.3 Å². The summed E-state index contributed by atoms with van der Waals surface area (Å²) in [5.74, 6) is 1.01. The first-order valence-corrected chi connectivity index (χ1v) is 10.9. The largest absolute Gasteiger partial charge is 0.497 e. The Balaban J connectivity index is 1.47. The van der Waals surface area contributed by atoms with Crippen molar-refractivity contribution in [2.24, 2.45) is 0 Å². The number of fused-ring (bicyclic) bond motifs is 1. The molecule has 0 saturated carbocycles. The predicted octanol–water partition coefficient (Wildman–Crippen LogP) is 3.01. The summed E-state index contributed by atoms with van der Waals surface area (Å²) in [6, 6.07) is 19.4. The molecule has 0 saturated heterocycles. The molecule has 1 atom stereocenters. The van der Waals surface area contributed by atoms with E-state index in [4.69, 9.17) is 4.74 Å². The highest BCUT2D eigenvalue weighted by atomic mass is 16.5. The molecule has 1 amide bonds. The predicted molar refractivity (Wildman–Crippen MR) is 126 cm³/mol. The quantitative estimate of drug-likeness (QED) is 0.450. The second-order valence-electron chi connectivity index (χ2n) is 8.04. The third-order valence-corrected chi connectivity index (χ3v) is 5.53. The number of amides is 1. The van der Waals surface area contributed by atoms with Crippen LogP contribution in [0.1, 0.15) is 24.7 Å². The highest BCUT2D eigenvalue weighted by Gasteiger charge is 2.16. The second kappa shape index (κ2) is 9.68. The zero-order chi connectivity index (χ0) is 23.4. The Morgan fingerprint density at radius 1 is 1.12 bits per heavy atom. The monoisotopic (exact) mass is 445 g/mol. The third kappa shape index (κ3) is 5.11. The number of carbonyl (C=O) groups is 1. The van der Waals surface area contributed by atoms with E-state index >= 15 is 0 Å². The van der Waals surface area contributed by atoms with Crippen LogP contribution >= 0.6 is 0 Å². The van der Waals surface area contributed by atoms with Crippen molar-refractivity contribution in [3.8, 4) is 17.0 Å². The van der Waals surface area contributed by atoms with Crippen LogP contribution in [0.25, 0.3) is 16.9 Å². The van der Waals surface area contributed by atoms with Crippen molar-refractivity contribution in [1.29, 1.82) is 0 Å². The average molecular weight is 446 g/mol. The normalized spacial score (nSPS) is 12.0. The molecule has 0 fully saturated rings. The standard InChI is InChI=1S/C25H27N5O3/c1-17(9-10-19-7-5-4-6-8-19)26-24(31)16-29-25(32)30-18(2)27-22(15-23(30)28-29)20-11-13-21(33-3)14-12-20/h4-8,11-15,17H,9-10,16H2,1-3H3,(H,26,31)/t17-/m1/s1. The molecule has 2 aromatic carbocycles. The van der Waals surface area contributed by atoms with Crippen LogP contribution in [-0.2, 0) is 17.8 Å². The zero-order valence-corrected chi connectivity index (χ0v) is 19.0. The first kappa shape index (κ1) is 22.3. The van der Waals surface area contributed by atoms with Crippen molar-refractivity contribution in [3.05, 3.63) is 82.5 Å². The minimum atomic E-state index is -0.386. The lowest BCUT2D eigenvalue weighted by atomic mass is 10.1. The fourth-order valence-corrected chi connectivity index (χ4v) is 3.77. The van der Waals surface area contributed by atoms with Gasteiger partial charge in [0.2, 0.25) is 5.91 Å². The van der Waals surface area contributed by atoms with Crippen molar-refractivity contribution in [2.75, 3.05) is 7.11 Å². The number of hydrogen-bond donors (Lipinski definition) is 1. The Morgan fingerprint density at radius 2 is 1.85 bits per heavy atom. The van der Waals surface area contributed by atoms with E-state index < -0.39 is 0 Å². The molecule has 0 bridgehead atoms. The summed E-state index contributed by atoms with van der Waals surface area (Å²) < 4.78 is 7.80. The smallest absolute Gasteiger partial charge is 0.352 e. The first-order valence-electron chi connectivity index (χ1n) is 10.9. The molecule has 4 rings (SSSR count). The van der Waals surface area contributed by atoms with E-state index in [-0.39, 0.29) is 24.2 Å². The van der Waals surface area contributed by atoms with Crippen molar-refractivity contribution < 1.29 is 9.53 Å². The molecule has 0 aliphatic rings. The molecule has 0 aliphatic heterocycles. The van der Waals surface area contributed by atoms with E-state index in [1.54, 1.807) is 20.1 Å². The average Bonchev–Trinajstić information content (AvgIpc) is 3.13. The Hall–Kier alpha value is -3.94. The highest BCUT2D eigenvalue weighted by molar-refractivity contribution is 5.76. The van der Waals surface area contributed by atoms with Crippen molar-refractivity contribution >= 4 is 11.6 Å². The molecule has 2 aromatic heterocycles. The van der Waals surface area contributed by atoms with Gasteiger partial charge in [0, 0.05) is 17.7 Å². The SMILES string of the molecule is COc1ccc(-c2cc3nn(CC(=O)N[C@H](C)CCc4ccccc4)c(=O)n3c(C)n2)cc1. The van der Waals surface area contributed by atoms with Gasteiger partial charge >= 0.3 is 5.69 Å². The van der Waals surface area contributed by atoms with Crippen LogP contribution in [0.3, 0.4) is 0 Å². The lowest BCUT2D eigenvalue weighted by Crippen LogP contribution is -2.38. The van der Waals surface area contributed by atoms with Gasteiger partial charge in [0.1, 0.15) is 18.1 Å². The number of methoxy groups -OCH3 is 1. The molecule has 1 N–H and O–H groups in total. The molecule has 170 valence electrons. The summed E-state index contributed by atoms with van der Waals surface area (Å²) in [6.45, 7) is 3.56. The lowest BCUT2D eigenvalue weighted by Gasteiger charge is -2.13. The number of nitrogens with one attached hydrogen (secondary N) is 1. The Bertz CT molecular complexity index is 1310. The molecule has 33 heavy (non-hydrogen) atoms. The van der Waals surface area contributed by atoms with Crippen molar-refractivity contribution in [3.63, 3.8) is 0 Å². The van der Waals surface area contributed by atoms with Gasteiger partial charge in [-0.1, -0.05) is 30.3 Å². The van der Waals surface area contributed by atoms with Crippen LogP contribution in [-0.4, -0.2) is 38.2 Å². The number of aromatic nitrogens is 4. The summed E-state index contributed by atoms with van der Waals surface area (Å²) >= 11 is 0. The van der Waals surface area contributed by atoms with Crippen LogP contribution in [0.15, 0.2) is 65.5 Å². The zero-order valence-electron chi connectivity index (χ0n) is 19.0.